The zero-order valence-corrected chi connectivity index (χ0v) is 10.1. The van der Waals surface area contributed by atoms with Gasteiger partial charge in [0, 0.05) is 5.33 Å². The minimum absolute atomic E-state index is 0.0984. The fraction of sp³-hybridized carbons (Fsp3) is 0.400. The SMILES string of the molecule is COC(=O)Cc1ccc(CBr)c(C(F)F)n1. The molecule has 0 unspecified atom stereocenters. The van der Waals surface area contributed by atoms with Gasteiger partial charge in [-0.3, -0.25) is 9.78 Å². The molecule has 3 nitrogen and oxygen atoms in total. The van der Waals surface area contributed by atoms with Gasteiger partial charge in [-0.15, -0.1) is 0 Å². The highest BCUT2D eigenvalue weighted by Gasteiger charge is 2.16. The van der Waals surface area contributed by atoms with Crippen molar-refractivity contribution >= 4 is 21.9 Å². The highest BCUT2D eigenvalue weighted by molar-refractivity contribution is 9.08. The van der Waals surface area contributed by atoms with Gasteiger partial charge >= 0.3 is 5.97 Å². The summed E-state index contributed by atoms with van der Waals surface area (Å²) < 4.78 is 29.7. The predicted molar refractivity (Wildman–Crippen MR) is 57.5 cm³/mol. The molecule has 16 heavy (non-hydrogen) atoms. The molecule has 0 spiro atoms. The van der Waals surface area contributed by atoms with Gasteiger partial charge in [0.25, 0.3) is 6.43 Å². The summed E-state index contributed by atoms with van der Waals surface area (Å²) in [6.45, 7) is 0. The van der Waals surface area contributed by atoms with Gasteiger partial charge in [0.15, 0.2) is 0 Å². The van der Waals surface area contributed by atoms with Crippen molar-refractivity contribution in [2.24, 2.45) is 0 Å². The van der Waals surface area contributed by atoms with Crippen molar-refractivity contribution < 1.29 is 18.3 Å². The molecular formula is C10H10BrF2NO2. The highest BCUT2D eigenvalue weighted by Crippen LogP contribution is 2.23. The molecule has 0 saturated carbocycles. The quantitative estimate of drug-likeness (QED) is 0.633. The lowest BCUT2D eigenvalue weighted by Gasteiger charge is -2.07. The Morgan fingerprint density at radius 2 is 2.25 bits per heavy atom. The van der Waals surface area contributed by atoms with E-state index in [0.29, 0.717) is 10.9 Å². The number of halogens is 3. The zero-order chi connectivity index (χ0) is 12.1. The minimum atomic E-state index is -2.65. The van der Waals surface area contributed by atoms with E-state index in [1.165, 1.54) is 13.2 Å². The van der Waals surface area contributed by atoms with E-state index >= 15 is 0 Å². The maximum atomic E-state index is 12.6. The number of carbonyl (C=O) groups excluding carboxylic acids is 1. The molecule has 0 fully saturated rings. The van der Waals surface area contributed by atoms with Gasteiger partial charge in [-0.2, -0.15) is 0 Å². The molecule has 0 saturated heterocycles. The maximum absolute atomic E-state index is 12.6. The monoisotopic (exact) mass is 293 g/mol. The van der Waals surface area contributed by atoms with Gasteiger partial charge in [-0.05, 0) is 11.6 Å². The first-order valence-electron chi connectivity index (χ1n) is 4.48. The van der Waals surface area contributed by atoms with Gasteiger partial charge in [0.05, 0.1) is 19.2 Å². The molecule has 1 aromatic heterocycles. The number of hydrogen-bond donors (Lipinski definition) is 0. The first kappa shape index (κ1) is 13.0. The fourth-order valence-corrected chi connectivity index (χ4v) is 1.64. The third kappa shape index (κ3) is 3.23. The summed E-state index contributed by atoms with van der Waals surface area (Å²) in [6, 6.07) is 3.07. The van der Waals surface area contributed by atoms with Crippen LogP contribution in [0.1, 0.15) is 23.4 Å². The number of ether oxygens (including phenoxy) is 1. The second-order valence-corrected chi connectivity index (χ2v) is 3.59. The van der Waals surface area contributed by atoms with Crippen LogP contribution in [0.2, 0.25) is 0 Å². The van der Waals surface area contributed by atoms with Gasteiger partial charge in [-0.1, -0.05) is 22.0 Å². The standard InChI is InChI=1S/C10H10BrF2NO2/c1-16-8(15)4-7-3-2-6(5-11)9(14-7)10(12)13/h2-3,10H,4-5H2,1H3. The normalized spacial score (nSPS) is 10.6. The Bertz CT molecular complexity index is 385. The largest absolute Gasteiger partial charge is 0.469 e. The molecule has 0 aliphatic rings. The van der Waals surface area contributed by atoms with Crippen molar-refractivity contribution in [3.63, 3.8) is 0 Å². The summed E-state index contributed by atoms with van der Waals surface area (Å²) in [7, 11) is 1.24. The molecule has 0 aliphatic heterocycles. The van der Waals surface area contributed by atoms with E-state index in [1.54, 1.807) is 6.07 Å². The molecule has 88 valence electrons. The summed E-state index contributed by atoms with van der Waals surface area (Å²) in [4.78, 5) is 14.7. The molecule has 1 heterocycles. The Hall–Kier alpha value is -1.04. The van der Waals surface area contributed by atoms with Gasteiger partial charge in [0.2, 0.25) is 0 Å². The second kappa shape index (κ2) is 5.89. The summed E-state index contributed by atoms with van der Waals surface area (Å²) in [5, 5.41) is 0.304. The smallest absolute Gasteiger partial charge is 0.311 e. The topological polar surface area (TPSA) is 39.2 Å². The molecule has 0 aromatic carbocycles. The molecule has 1 rings (SSSR count). The van der Waals surface area contributed by atoms with Gasteiger partial charge in [-0.25, -0.2) is 8.78 Å². The van der Waals surface area contributed by atoms with Crippen LogP contribution in [0, 0.1) is 0 Å². The molecule has 1 aromatic rings. The Labute approximate surface area is 99.9 Å². The van der Waals surface area contributed by atoms with Crippen molar-refractivity contribution in [2.75, 3.05) is 7.11 Å². The lowest BCUT2D eigenvalue weighted by atomic mass is 10.1. The van der Waals surface area contributed by atoms with Crippen molar-refractivity contribution in [3.05, 3.63) is 29.1 Å². The van der Waals surface area contributed by atoms with Crippen molar-refractivity contribution in [1.29, 1.82) is 0 Å². The highest BCUT2D eigenvalue weighted by atomic mass is 79.9. The summed E-state index contributed by atoms with van der Waals surface area (Å²) >= 11 is 3.10. The number of aromatic nitrogens is 1. The molecule has 0 radical (unpaired) electrons. The van der Waals surface area contributed by atoms with Crippen molar-refractivity contribution in [2.45, 2.75) is 18.2 Å². The Kier molecular flexibility index (Phi) is 4.79. The number of rotatable bonds is 4. The van der Waals surface area contributed by atoms with Gasteiger partial charge < -0.3 is 4.74 Å². The van der Waals surface area contributed by atoms with E-state index in [1.807, 2.05) is 0 Å². The first-order chi connectivity index (χ1) is 7.58. The van der Waals surface area contributed by atoms with Crippen LogP contribution >= 0.6 is 15.9 Å². The number of esters is 1. The first-order valence-corrected chi connectivity index (χ1v) is 5.60. The van der Waals surface area contributed by atoms with Crippen LogP contribution in [0.3, 0.4) is 0 Å². The van der Waals surface area contributed by atoms with Crippen LogP contribution in [-0.2, 0) is 21.3 Å². The average Bonchev–Trinajstić information content (AvgIpc) is 2.28. The maximum Gasteiger partial charge on any atom is 0.311 e. The molecule has 0 aliphatic carbocycles. The van der Waals surface area contributed by atoms with Crippen LogP contribution in [0.25, 0.3) is 0 Å². The van der Waals surface area contributed by atoms with E-state index in [0.717, 1.165) is 0 Å². The second-order valence-electron chi connectivity index (χ2n) is 3.03. The van der Waals surface area contributed by atoms with Crippen molar-refractivity contribution in [3.8, 4) is 0 Å². The summed E-state index contributed by atoms with van der Waals surface area (Å²) in [5.74, 6) is -0.501. The molecule has 6 heteroatoms. The van der Waals surface area contributed by atoms with E-state index < -0.39 is 12.4 Å². The van der Waals surface area contributed by atoms with Gasteiger partial charge in [0.1, 0.15) is 5.69 Å². The molecule has 0 atom stereocenters. The van der Waals surface area contributed by atoms with E-state index in [2.05, 4.69) is 25.7 Å². The molecular weight excluding hydrogens is 284 g/mol. The molecule has 0 N–H and O–H groups in total. The number of carbonyl (C=O) groups is 1. The van der Waals surface area contributed by atoms with Crippen molar-refractivity contribution in [1.82, 2.24) is 4.98 Å². The van der Waals surface area contributed by atoms with E-state index in [4.69, 9.17) is 0 Å². The average molecular weight is 294 g/mol. The number of hydrogen-bond acceptors (Lipinski definition) is 3. The molecule has 0 amide bonds. The van der Waals surface area contributed by atoms with Crippen LogP contribution in [0.5, 0.6) is 0 Å². The fourth-order valence-electron chi connectivity index (χ4n) is 1.17. The predicted octanol–water partition coefficient (Wildman–Crippen LogP) is 2.63. The van der Waals surface area contributed by atoms with Crippen LogP contribution < -0.4 is 0 Å². The third-order valence-electron chi connectivity index (χ3n) is 1.97. The Morgan fingerprint density at radius 3 is 2.75 bits per heavy atom. The van der Waals surface area contributed by atoms with Crippen LogP contribution in [0.4, 0.5) is 8.78 Å². The summed E-state index contributed by atoms with van der Waals surface area (Å²) in [6.07, 6.45) is -2.75. The number of nitrogens with zero attached hydrogens (tertiary/aromatic N) is 1. The number of pyridine rings is 1. The van der Waals surface area contributed by atoms with Crippen LogP contribution in [-0.4, -0.2) is 18.1 Å². The lowest BCUT2D eigenvalue weighted by Crippen LogP contribution is -2.08. The zero-order valence-electron chi connectivity index (χ0n) is 8.54. The molecule has 0 bridgehead atoms. The third-order valence-corrected chi connectivity index (χ3v) is 2.58. The lowest BCUT2D eigenvalue weighted by molar-refractivity contribution is -0.139. The summed E-state index contributed by atoms with van der Waals surface area (Å²) in [5.41, 5.74) is 0.411. The minimum Gasteiger partial charge on any atom is -0.469 e. The van der Waals surface area contributed by atoms with Crippen LogP contribution in [0.15, 0.2) is 12.1 Å². The Balaban J connectivity index is 2.97. The Morgan fingerprint density at radius 1 is 1.56 bits per heavy atom. The van der Waals surface area contributed by atoms with E-state index in [-0.39, 0.29) is 17.8 Å². The van der Waals surface area contributed by atoms with E-state index in [9.17, 15) is 13.6 Å². The number of alkyl halides is 3. The number of methoxy groups -OCH3 is 1.